The van der Waals surface area contributed by atoms with Crippen molar-refractivity contribution >= 4 is 5.97 Å². The molecule has 19 rings (SSSR count). The lowest BCUT2D eigenvalue weighted by Crippen LogP contribution is -1.95. The van der Waals surface area contributed by atoms with Gasteiger partial charge in [-0.25, -0.2) is 0 Å². The summed E-state index contributed by atoms with van der Waals surface area (Å²) in [4.78, 5) is 9.82. The smallest absolute Gasteiger partial charge is 0.302 e. The molecular weight excluding hydrogens is 1450 g/mol. The van der Waals surface area contributed by atoms with E-state index in [2.05, 4.69) is 4.74 Å². The molecule has 0 saturated heterocycles. The highest BCUT2D eigenvalue weighted by Crippen LogP contribution is 1.91. The minimum atomic E-state index is -0.211. The van der Waals surface area contributed by atoms with Crippen molar-refractivity contribution in [1.82, 2.24) is 0 Å². The zero-order chi connectivity index (χ0) is 85.6. The van der Waals surface area contributed by atoms with Crippen molar-refractivity contribution in [2.24, 2.45) is 0 Å². The van der Waals surface area contributed by atoms with Crippen LogP contribution in [0.3, 0.4) is 0 Å². The molecule has 0 spiro atoms. The number of carbonyl (C=O) groups excluding carboxylic acids is 1. The number of ether oxygens (including phenoxy) is 1. The van der Waals surface area contributed by atoms with Crippen LogP contribution in [0.1, 0.15) is 13.8 Å². The molecule has 0 N–H and O–H groups in total. The Morgan fingerprint density at radius 1 is 0.108 bits per heavy atom. The monoisotopic (exact) mass is 1570 g/mol. The van der Waals surface area contributed by atoms with E-state index in [4.69, 9.17) is 0 Å². The van der Waals surface area contributed by atoms with Crippen LogP contribution in [-0.2, 0) is 9.53 Å². The van der Waals surface area contributed by atoms with Crippen LogP contribution in [0, 0.1) is 0 Å². The second-order valence-corrected chi connectivity index (χ2v) is 22.9. The molecule has 0 bridgehead atoms. The van der Waals surface area contributed by atoms with Gasteiger partial charge in [-0.3, -0.25) is 4.79 Å². The average molecular weight is 1570 g/mol. The summed E-state index contributed by atoms with van der Waals surface area (Å²) in [6, 6.07) is 228. The van der Waals surface area contributed by atoms with Crippen LogP contribution < -0.4 is 0 Å². The van der Waals surface area contributed by atoms with E-state index < -0.39 is 0 Å². The summed E-state index contributed by atoms with van der Waals surface area (Å²) in [6.07, 6.45) is 0. The molecule has 0 heterocycles. The Kier molecular flexibility index (Phi) is 88.7. The molecule has 0 aliphatic carbocycles. The van der Waals surface area contributed by atoms with Gasteiger partial charge in [-0.05, 0) is 6.92 Å². The molecule has 0 amide bonds. The van der Waals surface area contributed by atoms with E-state index in [-0.39, 0.29) is 5.97 Å². The van der Waals surface area contributed by atoms with Gasteiger partial charge < -0.3 is 4.74 Å². The van der Waals surface area contributed by atoms with Gasteiger partial charge in [0.05, 0.1) is 6.61 Å². The van der Waals surface area contributed by atoms with Gasteiger partial charge in [-0.15, -0.1) is 0 Å². The fourth-order valence-corrected chi connectivity index (χ4v) is 7.52. The molecule has 0 aromatic heterocycles. The lowest BCUT2D eigenvalue weighted by Gasteiger charge is -1.89. The Morgan fingerprint density at radius 3 is 0.150 bits per heavy atom. The largest absolute Gasteiger partial charge is 0.466 e. The van der Waals surface area contributed by atoms with E-state index in [1.54, 1.807) is 6.92 Å². The third-order valence-corrected chi connectivity index (χ3v) is 13.0. The van der Waals surface area contributed by atoms with Gasteiger partial charge >= 0.3 is 5.97 Å². The fraction of sp³-hybridized carbons (Fsp3) is 0.0254. The van der Waals surface area contributed by atoms with Gasteiger partial charge in [0, 0.05) is 6.92 Å². The Hall–Kier alpha value is -15.4. The van der Waals surface area contributed by atoms with Crippen molar-refractivity contribution < 1.29 is 9.53 Å². The quantitative estimate of drug-likeness (QED) is 0.153. The Bertz CT molecular complexity index is 2800. The molecule has 0 aliphatic heterocycles. The first-order valence-corrected chi connectivity index (χ1v) is 39.9. The van der Waals surface area contributed by atoms with Crippen LogP contribution in [0.25, 0.3) is 0 Å². The first-order valence-electron chi connectivity index (χ1n) is 39.9. The molecule has 19 aromatic rings. The summed E-state index contributed by atoms with van der Waals surface area (Å²) in [5.41, 5.74) is 0. The standard InChI is InChI=1S/19C6H6.C4H8O2/c19*1-2-4-6-5-3-1;1-3-6-4(2)5/h19*1-6H;3H2,1-2H3. The van der Waals surface area contributed by atoms with Crippen molar-refractivity contribution in [2.45, 2.75) is 13.8 Å². The van der Waals surface area contributed by atoms with E-state index in [1.165, 1.54) is 6.92 Å². The highest BCUT2D eigenvalue weighted by atomic mass is 16.5. The zero-order valence-corrected chi connectivity index (χ0v) is 69.8. The summed E-state index contributed by atoms with van der Waals surface area (Å²) >= 11 is 0. The zero-order valence-electron chi connectivity index (χ0n) is 69.8. The topological polar surface area (TPSA) is 26.3 Å². The summed E-state index contributed by atoms with van der Waals surface area (Å²) in [6.45, 7) is 3.65. The van der Waals surface area contributed by atoms with Gasteiger partial charge in [0.2, 0.25) is 0 Å². The molecule has 2 heteroatoms. The molecule has 0 unspecified atom stereocenters. The summed E-state index contributed by atoms with van der Waals surface area (Å²) in [7, 11) is 0. The Morgan fingerprint density at radius 2 is 0.142 bits per heavy atom. The van der Waals surface area contributed by atoms with Gasteiger partial charge in [-0.1, -0.05) is 692 Å². The second-order valence-electron chi connectivity index (χ2n) is 22.9. The fourth-order valence-electron chi connectivity index (χ4n) is 7.52. The lowest BCUT2D eigenvalue weighted by atomic mass is 10.4. The first kappa shape index (κ1) is 105. The van der Waals surface area contributed by atoms with Gasteiger partial charge in [0.15, 0.2) is 0 Å². The minimum Gasteiger partial charge on any atom is -0.466 e. The van der Waals surface area contributed by atoms with E-state index in [0.717, 1.165) is 0 Å². The van der Waals surface area contributed by atoms with Crippen molar-refractivity contribution in [3.63, 3.8) is 0 Å². The van der Waals surface area contributed by atoms with Crippen LogP contribution in [-0.4, -0.2) is 12.6 Å². The third kappa shape index (κ3) is 103. The van der Waals surface area contributed by atoms with E-state index in [9.17, 15) is 4.79 Å². The van der Waals surface area contributed by atoms with Crippen LogP contribution in [0.2, 0.25) is 0 Å². The summed E-state index contributed by atoms with van der Waals surface area (Å²) < 4.78 is 4.40. The van der Waals surface area contributed by atoms with Crippen molar-refractivity contribution in [3.8, 4) is 0 Å². The number of rotatable bonds is 1. The molecule has 0 aliphatic rings. The maximum Gasteiger partial charge on any atom is 0.302 e. The number of carbonyl (C=O) groups is 1. The number of benzene rings is 19. The van der Waals surface area contributed by atoms with Crippen LogP contribution in [0.5, 0.6) is 0 Å². The lowest BCUT2D eigenvalue weighted by molar-refractivity contribution is -0.140. The van der Waals surface area contributed by atoms with E-state index in [1.807, 2.05) is 692 Å². The Labute approximate surface area is 722 Å². The molecular formula is C118H122O2. The number of hydrogen-bond acceptors (Lipinski definition) is 2. The average Bonchev–Trinajstić information content (AvgIpc) is 3.98. The maximum absolute atomic E-state index is 9.82. The van der Waals surface area contributed by atoms with Gasteiger partial charge in [-0.2, -0.15) is 0 Å². The predicted octanol–water partition coefficient (Wildman–Crippen LogP) is 32.6. The van der Waals surface area contributed by atoms with Crippen LogP contribution in [0.15, 0.2) is 692 Å². The molecule has 0 saturated carbocycles. The molecule has 2 nitrogen and oxygen atoms in total. The SMILES string of the molecule is CCOC(C)=O.c1ccccc1.c1ccccc1.c1ccccc1.c1ccccc1.c1ccccc1.c1ccccc1.c1ccccc1.c1ccccc1.c1ccccc1.c1ccccc1.c1ccccc1.c1ccccc1.c1ccccc1.c1ccccc1.c1ccccc1.c1ccccc1.c1ccccc1.c1ccccc1.c1ccccc1. The molecule has 120 heavy (non-hydrogen) atoms. The van der Waals surface area contributed by atoms with Crippen molar-refractivity contribution in [2.75, 3.05) is 6.61 Å². The van der Waals surface area contributed by atoms with Crippen molar-refractivity contribution in [3.05, 3.63) is 692 Å². The highest BCUT2D eigenvalue weighted by molar-refractivity contribution is 5.65. The predicted molar refractivity (Wildman–Crippen MR) is 525 cm³/mol. The first-order chi connectivity index (χ1) is 59.8. The second kappa shape index (κ2) is 102. The molecule has 606 valence electrons. The van der Waals surface area contributed by atoms with E-state index in [0.29, 0.717) is 6.61 Å². The third-order valence-electron chi connectivity index (χ3n) is 13.0. The van der Waals surface area contributed by atoms with E-state index >= 15 is 0 Å². The van der Waals surface area contributed by atoms with Crippen LogP contribution in [0.4, 0.5) is 0 Å². The van der Waals surface area contributed by atoms with Gasteiger partial charge in [0.25, 0.3) is 0 Å². The normalized spacial score (nSPS) is 7.98. The molecule has 19 aromatic carbocycles. The van der Waals surface area contributed by atoms with Gasteiger partial charge in [0.1, 0.15) is 0 Å². The minimum absolute atomic E-state index is 0.211. The molecule has 0 radical (unpaired) electrons. The van der Waals surface area contributed by atoms with Crippen molar-refractivity contribution in [1.29, 1.82) is 0 Å². The number of hydrogen-bond donors (Lipinski definition) is 0. The van der Waals surface area contributed by atoms with Crippen LogP contribution >= 0.6 is 0 Å². The molecule has 0 atom stereocenters. The summed E-state index contributed by atoms with van der Waals surface area (Å²) in [5, 5.41) is 0. The summed E-state index contributed by atoms with van der Waals surface area (Å²) in [5.74, 6) is -0.211. The molecule has 0 fully saturated rings. The Balaban J connectivity index is 0.00000124. The maximum atomic E-state index is 9.82. The number of esters is 1. The highest BCUT2D eigenvalue weighted by Gasteiger charge is 1.82.